The van der Waals surface area contributed by atoms with Gasteiger partial charge in [0, 0.05) is 24.1 Å². The van der Waals surface area contributed by atoms with Gasteiger partial charge in [-0.2, -0.15) is 0 Å². The molecule has 0 aliphatic heterocycles. The summed E-state index contributed by atoms with van der Waals surface area (Å²) in [6, 6.07) is 6.72. The topological polar surface area (TPSA) is 73.1 Å². The van der Waals surface area contributed by atoms with Gasteiger partial charge in [0.15, 0.2) is 0 Å². The monoisotopic (exact) mass is 286 g/mol. The highest BCUT2D eigenvalue weighted by Gasteiger charge is 2.24. The lowest BCUT2D eigenvalue weighted by molar-refractivity contribution is 0.136. The smallest absolute Gasteiger partial charge is 0.220 e. The van der Waals surface area contributed by atoms with Crippen molar-refractivity contribution in [3.8, 4) is 0 Å². The first kappa shape index (κ1) is 13.5. The predicted molar refractivity (Wildman–Crippen MR) is 77.4 cm³/mol. The molecule has 2 aromatic rings. The zero-order valence-electron chi connectivity index (χ0n) is 11.5. The molecule has 1 aliphatic carbocycles. The van der Waals surface area contributed by atoms with E-state index >= 15 is 0 Å². The molecule has 0 saturated heterocycles. The van der Waals surface area contributed by atoms with Crippen molar-refractivity contribution in [1.82, 2.24) is 15.4 Å². The Balaban J connectivity index is 2.06. The van der Waals surface area contributed by atoms with Gasteiger partial charge < -0.3 is 5.73 Å². The Hall–Kier alpha value is -2.47. The molecule has 0 amide bonds. The van der Waals surface area contributed by atoms with Gasteiger partial charge in [-0.15, -0.1) is 0 Å². The fourth-order valence-electron chi connectivity index (χ4n) is 2.55. The second-order valence-corrected chi connectivity index (χ2v) is 4.81. The van der Waals surface area contributed by atoms with Crippen LogP contribution in [0.1, 0.15) is 22.7 Å². The number of nitrogen functional groups attached to an aromatic ring is 1. The molecule has 0 radical (unpaired) electrons. The van der Waals surface area contributed by atoms with Crippen molar-refractivity contribution < 1.29 is 9.23 Å². The third-order valence-electron chi connectivity index (χ3n) is 3.47. The van der Waals surface area contributed by atoms with E-state index in [2.05, 4.69) is 15.4 Å². The second kappa shape index (κ2) is 5.49. The van der Waals surface area contributed by atoms with Crippen LogP contribution in [0.25, 0.3) is 5.70 Å². The zero-order chi connectivity index (χ0) is 14.8. The number of allylic oxidation sites excluding steroid dienone is 1. The summed E-state index contributed by atoms with van der Waals surface area (Å²) in [7, 11) is 1.52. The number of anilines is 1. The van der Waals surface area contributed by atoms with Gasteiger partial charge in [-0.1, -0.05) is 24.3 Å². The van der Waals surface area contributed by atoms with Crippen molar-refractivity contribution >= 4 is 11.6 Å². The number of halogens is 1. The maximum Gasteiger partial charge on any atom is 0.220 e. The largest absolute Gasteiger partial charge is 0.368 e. The number of nitrogens with two attached hydrogens (primary N) is 1. The van der Waals surface area contributed by atoms with Crippen molar-refractivity contribution in [3.05, 3.63) is 59.2 Å². The van der Waals surface area contributed by atoms with Gasteiger partial charge in [0.05, 0.1) is 18.5 Å². The zero-order valence-corrected chi connectivity index (χ0v) is 11.5. The van der Waals surface area contributed by atoms with E-state index in [1.807, 2.05) is 12.1 Å². The van der Waals surface area contributed by atoms with Gasteiger partial charge in [0.1, 0.15) is 5.82 Å². The Kier molecular flexibility index (Phi) is 3.53. The summed E-state index contributed by atoms with van der Waals surface area (Å²) in [6.45, 7) is 0. The van der Waals surface area contributed by atoms with Crippen LogP contribution in [0.4, 0.5) is 10.3 Å². The Morgan fingerprint density at radius 2 is 2.19 bits per heavy atom. The first-order valence-corrected chi connectivity index (χ1v) is 6.56. The SMILES string of the molecule is CONC1=CC(c2ccccc2F)Cc2nc(N)ncc21. The lowest BCUT2D eigenvalue weighted by Crippen LogP contribution is -2.20. The summed E-state index contributed by atoms with van der Waals surface area (Å²) >= 11 is 0. The molecule has 1 atom stereocenters. The molecule has 0 saturated carbocycles. The summed E-state index contributed by atoms with van der Waals surface area (Å²) < 4.78 is 14.0. The fraction of sp³-hybridized carbons (Fsp3) is 0.200. The van der Waals surface area contributed by atoms with Gasteiger partial charge in [0.25, 0.3) is 0 Å². The highest BCUT2D eigenvalue weighted by Crippen LogP contribution is 2.33. The van der Waals surface area contributed by atoms with Crippen molar-refractivity contribution in [1.29, 1.82) is 0 Å². The van der Waals surface area contributed by atoms with Gasteiger partial charge >= 0.3 is 0 Å². The highest BCUT2D eigenvalue weighted by atomic mass is 19.1. The molecule has 1 aromatic heterocycles. The molecule has 3 N–H and O–H groups in total. The van der Waals surface area contributed by atoms with Crippen LogP contribution < -0.4 is 11.2 Å². The van der Waals surface area contributed by atoms with Crippen LogP contribution in [0.15, 0.2) is 36.5 Å². The number of fused-ring (bicyclic) bond motifs is 1. The molecule has 0 fully saturated rings. The number of rotatable bonds is 3. The third-order valence-corrected chi connectivity index (χ3v) is 3.47. The Morgan fingerprint density at radius 3 is 2.95 bits per heavy atom. The van der Waals surface area contributed by atoms with E-state index in [4.69, 9.17) is 10.6 Å². The molecule has 1 aliphatic rings. The van der Waals surface area contributed by atoms with Crippen LogP contribution in [-0.2, 0) is 11.3 Å². The van der Waals surface area contributed by atoms with E-state index in [1.165, 1.54) is 13.2 Å². The van der Waals surface area contributed by atoms with Crippen molar-refractivity contribution in [2.75, 3.05) is 12.8 Å². The summed E-state index contributed by atoms with van der Waals surface area (Å²) in [5, 5.41) is 0. The number of aromatic nitrogens is 2. The lowest BCUT2D eigenvalue weighted by Gasteiger charge is -2.24. The van der Waals surface area contributed by atoms with Gasteiger partial charge in [-0.25, -0.2) is 14.4 Å². The van der Waals surface area contributed by atoms with Crippen LogP contribution in [-0.4, -0.2) is 17.1 Å². The standard InChI is InChI=1S/C15H15FN4O/c1-21-20-14-7-9(10-4-2-3-5-12(10)16)6-13-11(14)8-18-15(17)19-13/h2-5,7-9,20H,6H2,1H3,(H2,17,18,19). The van der Waals surface area contributed by atoms with Crippen LogP contribution in [0.5, 0.6) is 0 Å². The van der Waals surface area contributed by atoms with E-state index < -0.39 is 0 Å². The van der Waals surface area contributed by atoms with Crippen LogP contribution in [0, 0.1) is 5.82 Å². The average Bonchev–Trinajstić information content (AvgIpc) is 2.47. The molecule has 5 nitrogen and oxygen atoms in total. The van der Waals surface area contributed by atoms with E-state index in [-0.39, 0.29) is 17.7 Å². The minimum Gasteiger partial charge on any atom is -0.368 e. The quantitative estimate of drug-likeness (QED) is 0.845. The number of hydrogen-bond donors (Lipinski definition) is 2. The number of nitrogens with one attached hydrogen (secondary N) is 1. The van der Waals surface area contributed by atoms with Gasteiger partial charge in [0.2, 0.25) is 5.95 Å². The van der Waals surface area contributed by atoms with Crippen molar-refractivity contribution in [3.63, 3.8) is 0 Å². The molecular weight excluding hydrogens is 271 g/mol. The molecule has 6 heteroatoms. The molecule has 3 rings (SSSR count). The second-order valence-electron chi connectivity index (χ2n) is 4.81. The number of benzene rings is 1. The summed E-state index contributed by atoms with van der Waals surface area (Å²) in [5.74, 6) is -0.161. The van der Waals surface area contributed by atoms with E-state index in [9.17, 15) is 4.39 Å². The van der Waals surface area contributed by atoms with Crippen LogP contribution in [0.2, 0.25) is 0 Å². The summed E-state index contributed by atoms with van der Waals surface area (Å²) in [5.41, 5.74) is 11.4. The first-order valence-electron chi connectivity index (χ1n) is 6.56. The minimum absolute atomic E-state index is 0.134. The van der Waals surface area contributed by atoms with Crippen LogP contribution in [0.3, 0.4) is 0 Å². The Labute approximate surface area is 121 Å². The fourth-order valence-corrected chi connectivity index (χ4v) is 2.55. The van der Waals surface area contributed by atoms with Crippen LogP contribution >= 0.6 is 0 Å². The predicted octanol–water partition coefficient (Wildman–Crippen LogP) is 2.03. The maximum atomic E-state index is 14.0. The molecular formula is C15H15FN4O. The number of nitrogens with zero attached hydrogens (tertiary/aromatic N) is 2. The molecule has 21 heavy (non-hydrogen) atoms. The summed E-state index contributed by atoms with van der Waals surface area (Å²) in [4.78, 5) is 13.2. The minimum atomic E-state index is -0.235. The van der Waals surface area contributed by atoms with Crippen molar-refractivity contribution in [2.45, 2.75) is 12.3 Å². The van der Waals surface area contributed by atoms with E-state index in [1.54, 1.807) is 18.3 Å². The summed E-state index contributed by atoms with van der Waals surface area (Å²) in [6.07, 6.45) is 4.13. The van der Waals surface area contributed by atoms with Crippen molar-refractivity contribution in [2.24, 2.45) is 0 Å². The molecule has 1 heterocycles. The number of hydrogen-bond acceptors (Lipinski definition) is 5. The normalized spacial score (nSPS) is 17.0. The molecule has 1 unspecified atom stereocenters. The third kappa shape index (κ3) is 2.57. The maximum absolute atomic E-state index is 14.0. The van der Waals surface area contributed by atoms with E-state index in [0.29, 0.717) is 17.7 Å². The molecule has 0 spiro atoms. The van der Waals surface area contributed by atoms with E-state index in [0.717, 1.165) is 11.3 Å². The van der Waals surface area contributed by atoms with Gasteiger partial charge in [-0.3, -0.25) is 10.3 Å². The highest BCUT2D eigenvalue weighted by molar-refractivity contribution is 5.68. The lowest BCUT2D eigenvalue weighted by atomic mass is 9.86. The first-order chi connectivity index (χ1) is 10.2. The molecule has 1 aromatic carbocycles. The Bertz CT molecular complexity index is 702. The average molecular weight is 286 g/mol. The molecule has 108 valence electrons. The Morgan fingerprint density at radius 1 is 1.38 bits per heavy atom. The molecule has 0 bridgehead atoms. The van der Waals surface area contributed by atoms with Gasteiger partial charge in [-0.05, 0) is 11.6 Å². The number of hydroxylamine groups is 1.